The first kappa shape index (κ1) is 14.4. The second kappa shape index (κ2) is 6.06. The summed E-state index contributed by atoms with van der Waals surface area (Å²) in [6.45, 7) is 4.20. The fourth-order valence-corrected chi connectivity index (χ4v) is 2.55. The summed E-state index contributed by atoms with van der Waals surface area (Å²) in [5.41, 5.74) is 4.47. The van der Waals surface area contributed by atoms with Crippen LogP contribution in [0.1, 0.15) is 18.1 Å². The van der Waals surface area contributed by atoms with Crippen molar-refractivity contribution in [1.82, 2.24) is 0 Å². The van der Waals surface area contributed by atoms with Gasteiger partial charge in [0.15, 0.2) is 0 Å². The number of hydrogen-bond acceptors (Lipinski definition) is 3. The Kier molecular flexibility index (Phi) is 3.96. The van der Waals surface area contributed by atoms with E-state index in [4.69, 9.17) is 9.73 Å². The van der Waals surface area contributed by atoms with Crippen molar-refractivity contribution in [2.24, 2.45) is 4.99 Å². The molecule has 2 aromatic rings. The molecule has 112 valence electrons. The fraction of sp³-hybridized carbons (Fsp3) is 0.211. The number of rotatable bonds is 3. The molecule has 1 heterocycles. The first-order chi connectivity index (χ1) is 10.7. The maximum absolute atomic E-state index is 5.28. The molecule has 0 radical (unpaired) electrons. The van der Waals surface area contributed by atoms with Crippen LogP contribution in [-0.2, 0) is 0 Å². The molecule has 1 unspecified atom stereocenters. The molecule has 0 saturated heterocycles. The summed E-state index contributed by atoms with van der Waals surface area (Å²) < 4.78 is 5.28. The van der Waals surface area contributed by atoms with Crippen LogP contribution < -0.4 is 9.64 Å². The number of ether oxygens (including phenoxy) is 1. The zero-order chi connectivity index (χ0) is 15.5. The van der Waals surface area contributed by atoms with E-state index in [0.717, 1.165) is 22.7 Å². The van der Waals surface area contributed by atoms with Gasteiger partial charge >= 0.3 is 0 Å². The lowest BCUT2D eigenvalue weighted by molar-refractivity contribution is 0.414. The van der Waals surface area contributed by atoms with Crippen molar-refractivity contribution in [3.63, 3.8) is 0 Å². The molecule has 0 spiro atoms. The molecule has 3 rings (SSSR count). The lowest BCUT2D eigenvalue weighted by atomic mass is 10.1. The number of nitrogens with zero attached hydrogens (tertiary/aromatic N) is 2. The Balaban J connectivity index is 1.85. The number of allylic oxidation sites excluding steroid dienone is 1. The van der Waals surface area contributed by atoms with Crippen molar-refractivity contribution < 1.29 is 4.74 Å². The van der Waals surface area contributed by atoms with Crippen LogP contribution in [0.15, 0.2) is 65.8 Å². The van der Waals surface area contributed by atoms with Crippen molar-refractivity contribution in [2.45, 2.75) is 20.0 Å². The zero-order valence-corrected chi connectivity index (χ0v) is 13.2. The van der Waals surface area contributed by atoms with Crippen LogP contribution in [0.2, 0.25) is 0 Å². The van der Waals surface area contributed by atoms with Crippen molar-refractivity contribution in [3.8, 4) is 5.75 Å². The Hall–Kier alpha value is -2.55. The van der Waals surface area contributed by atoms with Crippen molar-refractivity contribution >= 4 is 11.4 Å². The smallest absolute Gasteiger partial charge is 0.122 e. The van der Waals surface area contributed by atoms with E-state index in [1.165, 1.54) is 5.56 Å². The highest BCUT2D eigenvalue weighted by atomic mass is 16.5. The van der Waals surface area contributed by atoms with Gasteiger partial charge in [0.05, 0.1) is 12.8 Å². The summed E-state index contributed by atoms with van der Waals surface area (Å²) in [5.74, 6) is 0.849. The van der Waals surface area contributed by atoms with Gasteiger partial charge in [0, 0.05) is 17.5 Å². The second-order valence-electron chi connectivity index (χ2n) is 5.44. The molecular formula is C19H20N2O. The molecule has 1 aliphatic heterocycles. The summed E-state index contributed by atoms with van der Waals surface area (Å²) in [4.78, 5) is 6.98. The van der Waals surface area contributed by atoms with Crippen LogP contribution in [0.25, 0.3) is 0 Å². The SMILES string of the molecule is COc1cccc(C2=NC(C)N(c3ccc(C)cc3)C=C2)c1. The predicted molar refractivity (Wildman–Crippen MR) is 91.8 cm³/mol. The number of hydrogen-bond donors (Lipinski definition) is 0. The highest BCUT2D eigenvalue weighted by molar-refractivity contribution is 6.09. The van der Waals surface area contributed by atoms with Gasteiger partial charge in [0.2, 0.25) is 0 Å². The van der Waals surface area contributed by atoms with E-state index >= 15 is 0 Å². The Morgan fingerprint density at radius 1 is 1.09 bits per heavy atom. The minimum absolute atomic E-state index is 0.0638. The van der Waals surface area contributed by atoms with E-state index in [1.807, 2.05) is 18.2 Å². The zero-order valence-electron chi connectivity index (χ0n) is 13.2. The van der Waals surface area contributed by atoms with Gasteiger partial charge in [-0.3, -0.25) is 4.99 Å². The molecule has 1 aliphatic rings. The molecule has 2 aromatic carbocycles. The third-order valence-electron chi connectivity index (χ3n) is 3.82. The van der Waals surface area contributed by atoms with E-state index in [1.54, 1.807) is 7.11 Å². The van der Waals surface area contributed by atoms with Crippen LogP contribution >= 0.6 is 0 Å². The van der Waals surface area contributed by atoms with Crippen molar-refractivity contribution in [1.29, 1.82) is 0 Å². The van der Waals surface area contributed by atoms with Crippen LogP contribution in [-0.4, -0.2) is 19.0 Å². The summed E-state index contributed by atoms with van der Waals surface area (Å²) in [7, 11) is 1.68. The summed E-state index contributed by atoms with van der Waals surface area (Å²) in [6.07, 6.45) is 4.21. The lowest BCUT2D eigenvalue weighted by Crippen LogP contribution is -2.30. The fourth-order valence-electron chi connectivity index (χ4n) is 2.55. The summed E-state index contributed by atoms with van der Waals surface area (Å²) in [5, 5.41) is 0. The van der Waals surface area contributed by atoms with Gasteiger partial charge in [0.25, 0.3) is 0 Å². The van der Waals surface area contributed by atoms with Gasteiger partial charge in [-0.25, -0.2) is 0 Å². The molecule has 0 saturated carbocycles. The Labute approximate surface area is 131 Å². The molecule has 0 N–H and O–H groups in total. The monoisotopic (exact) mass is 292 g/mol. The topological polar surface area (TPSA) is 24.8 Å². The second-order valence-corrected chi connectivity index (χ2v) is 5.44. The van der Waals surface area contributed by atoms with E-state index in [2.05, 4.69) is 61.4 Å². The first-order valence-electron chi connectivity index (χ1n) is 7.43. The Morgan fingerprint density at radius 3 is 2.55 bits per heavy atom. The quantitative estimate of drug-likeness (QED) is 0.848. The molecule has 0 amide bonds. The average molecular weight is 292 g/mol. The summed E-state index contributed by atoms with van der Waals surface area (Å²) >= 11 is 0. The minimum atomic E-state index is 0.0638. The normalized spacial score (nSPS) is 17.3. The average Bonchev–Trinajstić information content (AvgIpc) is 2.56. The van der Waals surface area contributed by atoms with Gasteiger partial charge < -0.3 is 9.64 Å². The van der Waals surface area contributed by atoms with Crippen LogP contribution in [0, 0.1) is 6.92 Å². The first-order valence-corrected chi connectivity index (χ1v) is 7.43. The maximum Gasteiger partial charge on any atom is 0.122 e. The van der Waals surface area contributed by atoms with Gasteiger partial charge in [-0.05, 0) is 44.2 Å². The largest absolute Gasteiger partial charge is 0.497 e. The van der Waals surface area contributed by atoms with Gasteiger partial charge in [-0.2, -0.15) is 0 Å². The highest BCUT2D eigenvalue weighted by Crippen LogP contribution is 2.23. The van der Waals surface area contributed by atoms with Gasteiger partial charge in [0.1, 0.15) is 11.9 Å². The Morgan fingerprint density at radius 2 is 1.86 bits per heavy atom. The van der Waals surface area contributed by atoms with Gasteiger partial charge in [-0.15, -0.1) is 0 Å². The molecule has 0 fully saturated rings. The van der Waals surface area contributed by atoms with Gasteiger partial charge in [-0.1, -0.05) is 29.8 Å². The molecule has 0 bridgehead atoms. The number of aliphatic imine (C=N–C) groups is 1. The van der Waals surface area contributed by atoms with Crippen LogP contribution in [0.5, 0.6) is 5.75 Å². The summed E-state index contributed by atoms with van der Waals surface area (Å²) in [6, 6.07) is 16.5. The number of benzene rings is 2. The van der Waals surface area contributed by atoms with E-state index in [9.17, 15) is 0 Å². The predicted octanol–water partition coefficient (Wildman–Crippen LogP) is 4.17. The van der Waals surface area contributed by atoms with Crippen LogP contribution in [0.3, 0.4) is 0 Å². The maximum atomic E-state index is 5.28. The van der Waals surface area contributed by atoms with Crippen molar-refractivity contribution in [3.05, 3.63) is 71.9 Å². The van der Waals surface area contributed by atoms with E-state index in [-0.39, 0.29) is 6.17 Å². The number of methoxy groups -OCH3 is 1. The molecular weight excluding hydrogens is 272 g/mol. The van der Waals surface area contributed by atoms with Crippen molar-refractivity contribution in [2.75, 3.05) is 12.0 Å². The highest BCUT2D eigenvalue weighted by Gasteiger charge is 2.16. The number of aryl methyl sites for hydroxylation is 1. The molecule has 3 nitrogen and oxygen atoms in total. The van der Waals surface area contributed by atoms with E-state index in [0.29, 0.717) is 0 Å². The third-order valence-corrected chi connectivity index (χ3v) is 3.82. The standard InChI is InChI=1S/C19H20N2O/c1-14-7-9-17(10-8-14)21-12-11-19(20-15(21)2)16-5-4-6-18(13-16)22-3/h4-13,15H,1-3H3. The molecule has 0 aliphatic carbocycles. The minimum Gasteiger partial charge on any atom is -0.497 e. The molecule has 1 atom stereocenters. The third kappa shape index (κ3) is 2.89. The lowest BCUT2D eigenvalue weighted by Gasteiger charge is -2.28. The van der Waals surface area contributed by atoms with Crippen LogP contribution in [0.4, 0.5) is 5.69 Å². The molecule has 0 aromatic heterocycles. The molecule has 3 heteroatoms. The molecule has 22 heavy (non-hydrogen) atoms. The van der Waals surface area contributed by atoms with E-state index < -0.39 is 0 Å². The number of anilines is 1. The Bertz CT molecular complexity index is 716.